The van der Waals surface area contributed by atoms with Crippen LogP contribution in [0.2, 0.25) is 0 Å². The van der Waals surface area contributed by atoms with Crippen molar-refractivity contribution in [3.63, 3.8) is 0 Å². The maximum atomic E-state index is 4.39. The van der Waals surface area contributed by atoms with E-state index < -0.39 is 0 Å². The van der Waals surface area contributed by atoms with E-state index in [1.54, 1.807) is 11.3 Å². The van der Waals surface area contributed by atoms with Gasteiger partial charge < -0.3 is 4.90 Å². The lowest BCUT2D eigenvalue weighted by Crippen LogP contribution is -2.18. The molecular formula is C17H16N4S. The molecule has 0 saturated carbocycles. The molecule has 0 amide bonds. The maximum Gasteiger partial charge on any atom is 0.217 e. The molecule has 5 heteroatoms. The number of benzene rings is 2. The zero-order chi connectivity index (χ0) is 15.1. The molecule has 0 aliphatic heterocycles. The first-order valence-corrected chi connectivity index (χ1v) is 8.04. The molecular weight excluding hydrogens is 292 g/mol. The predicted molar refractivity (Wildman–Crippen MR) is 91.7 cm³/mol. The van der Waals surface area contributed by atoms with E-state index in [0.717, 1.165) is 17.3 Å². The first kappa shape index (κ1) is 13.3. The number of nitrogens with zero attached hydrogens (tertiary/aromatic N) is 4. The Morgan fingerprint density at radius 2 is 1.86 bits per heavy atom. The van der Waals surface area contributed by atoms with Gasteiger partial charge in [-0.3, -0.25) is 4.40 Å². The molecule has 0 unspecified atom stereocenters. The van der Waals surface area contributed by atoms with Crippen molar-refractivity contribution in [2.24, 2.45) is 0 Å². The third-order valence-corrected chi connectivity index (χ3v) is 4.90. The van der Waals surface area contributed by atoms with E-state index in [0.29, 0.717) is 0 Å². The highest BCUT2D eigenvalue weighted by molar-refractivity contribution is 7.23. The number of fused-ring (bicyclic) bond motifs is 3. The quantitative estimate of drug-likeness (QED) is 0.576. The minimum atomic E-state index is 0.728. The van der Waals surface area contributed by atoms with Gasteiger partial charge in [0.2, 0.25) is 4.96 Å². The summed E-state index contributed by atoms with van der Waals surface area (Å²) in [6, 6.07) is 16.7. The Labute approximate surface area is 132 Å². The first-order valence-electron chi connectivity index (χ1n) is 7.22. The van der Waals surface area contributed by atoms with Crippen LogP contribution in [0.25, 0.3) is 15.2 Å². The van der Waals surface area contributed by atoms with E-state index in [2.05, 4.69) is 75.9 Å². The van der Waals surface area contributed by atoms with Crippen molar-refractivity contribution < 1.29 is 0 Å². The topological polar surface area (TPSA) is 33.4 Å². The fourth-order valence-corrected chi connectivity index (χ4v) is 3.84. The zero-order valence-corrected chi connectivity index (χ0v) is 13.3. The lowest BCUT2D eigenvalue weighted by Gasteiger charge is -2.17. The average molecular weight is 308 g/mol. The van der Waals surface area contributed by atoms with Crippen molar-refractivity contribution in [2.45, 2.75) is 13.5 Å². The van der Waals surface area contributed by atoms with E-state index in [4.69, 9.17) is 0 Å². The largest absolute Gasteiger partial charge is 0.367 e. The van der Waals surface area contributed by atoms with Crippen LogP contribution in [0.3, 0.4) is 0 Å². The summed E-state index contributed by atoms with van der Waals surface area (Å²) in [5.74, 6) is 0.974. The van der Waals surface area contributed by atoms with Gasteiger partial charge in [0.1, 0.15) is 0 Å². The van der Waals surface area contributed by atoms with E-state index in [1.165, 1.54) is 21.5 Å². The third-order valence-electron chi connectivity index (χ3n) is 3.90. The summed E-state index contributed by atoms with van der Waals surface area (Å²) in [5, 5.41) is 8.74. The fourth-order valence-electron chi connectivity index (χ4n) is 2.78. The minimum Gasteiger partial charge on any atom is -0.367 e. The number of aryl methyl sites for hydroxylation is 1. The summed E-state index contributed by atoms with van der Waals surface area (Å²) < 4.78 is 3.45. The van der Waals surface area contributed by atoms with Crippen LogP contribution in [0.15, 0.2) is 48.5 Å². The second kappa shape index (κ2) is 5.10. The molecule has 0 bridgehead atoms. The van der Waals surface area contributed by atoms with Crippen LogP contribution in [-0.4, -0.2) is 21.6 Å². The highest BCUT2D eigenvalue weighted by atomic mass is 32.1. The van der Waals surface area contributed by atoms with Gasteiger partial charge in [0.05, 0.1) is 16.8 Å². The monoisotopic (exact) mass is 308 g/mol. The van der Waals surface area contributed by atoms with Crippen LogP contribution in [0.5, 0.6) is 0 Å². The summed E-state index contributed by atoms with van der Waals surface area (Å²) in [7, 11) is 2.08. The lowest BCUT2D eigenvalue weighted by molar-refractivity contribution is 0.829. The molecule has 4 aromatic rings. The number of aromatic nitrogens is 3. The van der Waals surface area contributed by atoms with Crippen molar-refractivity contribution in [3.05, 3.63) is 59.9 Å². The fraction of sp³-hybridized carbons (Fsp3) is 0.176. The van der Waals surface area contributed by atoms with Gasteiger partial charge in [0.25, 0.3) is 0 Å². The average Bonchev–Trinajstić information content (AvgIpc) is 3.08. The van der Waals surface area contributed by atoms with Crippen molar-refractivity contribution in [1.29, 1.82) is 0 Å². The summed E-state index contributed by atoms with van der Waals surface area (Å²) in [5.41, 5.74) is 3.66. The van der Waals surface area contributed by atoms with Crippen LogP contribution < -0.4 is 4.90 Å². The highest BCUT2D eigenvalue weighted by Crippen LogP contribution is 2.29. The smallest absolute Gasteiger partial charge is 0.217 e. The van der Waals surface area contributed by atoms with Gasteiger partial charge in [-0.05, 0) is 30.7 Å². The summed E-state index contributed by atoms with van der Waals surface area (Å²) in [6.07, 6.45) is 0. The maximum absolute atomic E-state index is 4.39. The van der Waals surface area contributed by atoms with Crippen molar-refractivity contribution in [2.75, 3.05) is 11.9 Å². The number of anilines is 1. The number of rotatable bonds is 3. The Kier molecular flexibility index (Phi) is 3.08. The number of thiazole rings is 1. The van der Waals surface area contributed by atoms with Crippen LogP contribution in [0.1, 0.15) is 11.4 Å². The number of para-hydroxylation sites is 2. The molecule has 0 aliphatic rings. The van der Waals surface area contributed by atoms with Gasteiger partial charge in [-0.15, -0.1) is 10.2 Å². The predicted octanol–water partition coefficient (Wildman–Crippen LogP) is 3.89. The van der Waals surface area contributed by atoms with E-state index in [9.17, 15) is 0 Å². The minimum absolute atomic E-state index is 0.728. The first-order chi connectivity index (χ1) is 10.7. The second-order valence-corrected chi connectivity index (χ2v) is 6.46. The summed E-state index contributed by atoms with van der Waals surface area (Å²) in [4.78, 5) is 3.15. The molecule has 4 nitrogen and oxygen atoms in total. The van der Waals surface area contributed by atoms with Crippen molar-refractivity contribution in [3.8, 4) is 0 Å². The Hall–Kier alpha value is -2.40. The number of hydrogen-bond acceptors (Lipinski definition) is 4. The molecule has 2 aromatic carbocycles. The van der Waals surface area contributed by atoms with Crippen LogP contribution >= 0.6 is 11.3 Å². The molecule has 0 fully saturated rings. The van der Waals surface area contributed by atoms with Gasteiger partial charge in [-0.2, -0.15) is 0 Å². The molecule has 22 heavy (non-hydrogen) atoms. The SMILES string of the molecule is Cc1cccc2sc3nnc(CN(C)c4ccccc4)n3c12. The van der Waals surface area contributed by atoms with Gasteiger partial charge in [-0.1, -0.05) is 41.7 Å². The molecule has 2 aromatic heterocycles. The van der Waals surface area contributed by atoms with Crippen molar-refractivity contribution in [1.82, 2.24) is 14.6 Å². The van der Waals surface area contributed by atoms with Crippen molar-refractivity contribution >= 4 is 32.2 Å². The van der Waals surface area contributed by atoms with Gasteiger partial charge in [-0.25, -0.2) is 0 Å². The molecule has 0 radical (unpaired) electrons. The molecule has 110 valence electrons. The summed E-state index contributed by atoms with van der Waals surface area (Å²) in [6.45, 7) is 2.87. The Bertz CT molecular complexity index is 939. The van der Waals surface area contributed by atoms with Crippen LogP contribution in [-0.2, 0) is 6.54 Å². The lowest BCUT2D eigenvalue weighted by atomic mass is 10.2. The third kappa shape index (κ3) is 2.05. The van der Waals surface area contributed by atoms with Gasteiger partial charge >= 0.3 is 0 Å². The molecule has 0 aliphatic carbocycles. The van der Waals surface area contributed by atoms with E-state index in [-0.39, 0.29) is 0 Å². The molecule has 0 N–H and O–H groups in total. The van der Waals surface area contributed by atoms with E-state index >= 15 is 0 Å². The number of hydrogen-bond donors (Lipinski definition) is 0. The molecule has 0 saturated heterocycles. The van der Waals surface area contributed by atoms with Gasteiger partial charge in [0.15, 0.2) is 5.82 Å². The Morgan fingerprint density at radius 3 is 2.68 bits per heavy atom. The normalized spacial score (nSPS) is 11.4. The van der Waals surface area contributed by atoms with E-state index in [1.807, 2.05) is 6.07 Å². The highest BCUT2D eigenvalue weighted by Gasteiger charge is 2.15. The summed E-state index contributed by atoms with van der Waals surface area (Å²) >= 11 is 1.69. The van der Waals surface area contributed by atoms with Crippen LogP contribution in [0, 0.1) is 6.92 Å². The van der Waals surface area contributed by atoms with Gasteiger partial charge in [0, 0.05) is 12.7 Å². The zero-order valence-electron chi connectivity index (χ0n) is 12.5. The second-order valence-electron chi connectivity index (χ2n) is 5.45. The molecule has 0 atom stereocenters. The Balaban J connectivity index is 1.81. The molecule has 0 spiro atoms. The Morgan fingerprint density at radius 1 is 1.05 bits per heavy atom. The van der Waals surface area contributed by atoms with Crippen LogP contribution in [0.4, 0.5) is 5.69 Å². The standard InChI is InChI=1S/C17H16N4S/c1-12-7-6-10-14-16(12)21-15(18-19-17(21)22-14)11-20(2)13-8-4-3-5-9-13/h3-10H,11H2,1-2H3. The molecule has 4 rings (SSSR count). The molecule has 2 heterocycles.